The summed E-state index contributed by atoms with van der Waals surface area (Å²) in [6.07, 6.45) is 1.40. The van der Waals surface area contributed by atoms with Gasteiger partial charge in [0, 0.05) is 33.8 Å². The molecule has 2 aromatic carbocycles. The Hall–Kier alpha value is -4.25. The van der Waals surface area contributed by atoms with E-state index in [0.29, 0.717) is 32.5 Å². The lowest BCUT2D eigenvalue weighted by molar-refractivity contribution is -0.393. The van der Waals surface area contributed by atoms with Gasteiger partial charge in [0.25, 0.3) is 5.69 Å². The van der Waals surface area contributed by atoms with Gasteiger partial charge in [0.1, 0.15) is 5.69 Å². The third kappa shape index (κ3) is 3.57. The summed E-state index contributed by atoms with van der Waals surface area (Å²) in [7, 11) is 0. The Labute approximate surface area is 178 Å². The molecule has 31 heavy (non-hydrogen) atoms. The molecule has 12 heteroatoms. The number of anilines is 1. The zero-order chi connectivity index (χ0) is 22.3. The summed E-state index contributed by atoms with van der Waals surface area (Å²) in [5, 5.41) is 25.7. The quantitative estimate of drug-likeness (QED) is 0.458. The lowest BCUT2D eigenvalue weighted by Gasteiger charge is -2.31. The van der Waals surface area contributed by atoms with E-state index in [1.165, 1.54) is 23.3 Å². The number of hydrazine groups is 1. The van der Waals surface area contributed by atoms with Crippen LogP contribution in [-0.2, 0) is 0 Å². The molecule has 3 aromatic rings. The number of nitrogens with one attached hydrogen (secondary N) is 2. The fraction of sp³-hybridized carbons (Fsp3) is 0.0526. The van der Waals surface area contributed by atoms with Crippen molar-refractivity contribution in [1.29, 1.82) is 0 Å². The molecule has 0 spiro atoms. The van der Waals surface area contributed by atoms with Crippen molar-refractivity contribution < 1.29 is 9.85 Å². The summed E-state index contributed by atoms with van der Waals surface area (Å²) < 4.78 is 0. The Kier molecular flexibility index (Phi) is 4.87. The van der Waals surface area contributed by atoms with Gasteiger partial charge in [-0.05, 0) is 25.1 Å². The van der Waals surface area contributed by atoms with Gasteiger partial charge in [-0.3, -0.25) is 25.7 Å². The number of non-ortho nitro benzene ring substituents is 1. The van der Waals surface area contributed by atoms with Gasteiger partial charge in [-0.2, -0.15) is 0 Å². The lowest BCUT2D eigenvalue weighted by atomic mass is 10.1. The first-order valence-electron chi connectivity index (χ1n) is 8.82. The molecule has 0 radical (unpaired) electrons. The molecule has 0 amide bonds. The normalized spacial score (nSPS) is 12.9. The highest BCUT2D eigenvalue weighted by Gasteiger charge is 2.29. The van der Waals surface area contributed by atoms with E-state index >= 15 is 0 Å². The molecular weight excluding hydrogens is 428 g/mol. The number of benzene rings is 2. The molecule has 156 valence electrons. The lowest BCUT2D eigenvalue weighted by Crippen LogP contribution is -2.52. The standard InChI is InChI=1S/C19H13ClN6O5/c1-10-14-9-21-19(27)22-17(14)18(11-2-4-12(20)5-3-11)24(23-10)15-7-6-13(25(28)29)8-16(15)26(30)31/h2-9,23H,1H3,(H,22,27). The van der Waals surface area contributed by atoms with Crippen molar-refractivity contribution in [3.05, 3.63) is 101 Å². The zero-order valence-corrected chi connectivity index (χ0v) is 16.6. The van der Waals surface area contributed by atoms with E-state index in [4.69, 9.17) is 11.6 Å². The summed E-state index contributed by atoms with van der Waals surface area (Å²) in [6.45, 7) is 1.71. The summed E-state index contributed by atoms with van der Waals surface area (Å²) in [5.41, 5.74) is 3.13. The highest BCUT2D eigenvalue weighted by Crippen LogP contribution is 2.35. The number of H-pyrrole nitrogens is 1. The van der Waals surface area contributed by atoms with Crippen molar-refractivity contribution in [3.8, 4) is 0 Å². The smallest absolute Gasteiger partial charge is 0.303 e. The highest BCUT2D eigenvalue weighted by atomic mass is 35.5. The first kappa shape index (κ1) is 20.0. The van der Waals surface area contributed by atoms with Gasteiger partial charge in [-0.25, -0.2) is 14.8 Å². The Morgan fingerprint density at radius 3 is 2.42 bits per heavy atom. The zero-order valence-electron chi connectivity index (χ0n) is 15.8. The number of aromatic nitrogens is 2. The van der Waals surface area contributed by atoms with Crippen LogP contribution >= 0.6 is 11.6 Å². The van der Waals surface area contributed by atoms with Gasteiger partial charge in [0.2, 0.25) is 0 Å². The number of nitrogens with zero attached hydrogens (tertiary/aromatic N) is 4. The maximum Gasteiger partial charge on any atom is 0.345 e. The fourth-order valence-corrected chi connectivity index (χ4v) is 3.41. The average molecular weight is 441 g/mol. The first-order valence-corrected chi connectivity index (χ1v) is 9.20. The average Bonchev–Trinajstić information content (AvgIpc) is 2.73. The Morgan fingerprint density at radius 1 is 1.06 bits per heavy atom. The Balaban J connectivity index is 2.08. The second-order valence-electron chi connectivity index (χ2n) is 6.59. The number of nitro groups is 2. The molecule has 0 aliphatic carbocycles. The summed E-state index contributed by atoms with van der Waals surface area (Å²) in [6, 6.07) is 9.98. The number of fused-ring (bicyclic) bond motifs is 1. The first-order chi connectivity index (χ1) is 14.8. The molecule has 0 saturated carbocycles. The molecule has 1 aromatic heterocycles. The molecule has 4 rings (SSSR count). The third-order valence-corrected chi connectivity index (χ3v) is 4.93. The van der Waals surface area contributed by atoms with E-state index in [-0.39, 0.29) is 5.69 Å². The van der Waals surface area contributed by atoms with Crippen LogP contribution < -0.4 is 26.7 Å². The van der Waals surface area contributed by atoms with Crippen LogP contribution in [0.1, 0.15) is 12.5 Å². The van der Waals surface area contributed by atoms with Crippen LogP contribution in [0.25, 0.3) is 11.4 Å². The molecule has 2 heterocycles. The molecule has 0 fully saturated rings. The van der Waals surface area contributed by atoms with Crippen molar-refractivity contribution >= 4 is 40.1 Å². The summed E-state index contributed by atoms with van der Waals surface area (Å²) >= 11 is 6.00. The Morgan fingerprint density at radius 2 is 1.77 bits per heavy atom. The van der Waals surface area contributed by atoms with Crippen LogP contribution in [0.5, 0.6) is 0 Å². The Bertz CT molecular complexity index is 1420. The molecule has 1 aliphatic rings. The second kappa shape index (κ2) is 7.54. The number of hydrogen-bond acceptors (Lipinski definition) is 8. The molecular formula is C19H13ClN6O5. The van der Waals surface area contributed by atoms with Crippen LogP contribution in [0.4, 0.5) is 17.1 Å². The van der Waals surface area contributed by atoms with Crippen molar-refractivity contribution in [1.82, 2.24) is 15.4 Å². The fourth-order valence-electron chi connectivity index (χ4n) is 3.28. The van der Waals surface area contributed by atoms with Crippen molar-refractivity contribution in [2.75, 3.05) is 5.01 Å². The largest absolute Gasteiger partial charge is 0.345 e. The second-order valence-corrected chi connectivity index (χ2v) is 7.03. The van der Waals surface area contributed by atoms with Crippen LogP contribution in [0.2, 0.25) is 5.02 Å². The topological polar surface area (TPSA) is 147 Å². The molecule has 0 unspecified atom stereocenters. The van der Waals surface area contributed by atoms with E-state index in [9.17, 15) is 25.0 Å². The molecule has 0 atom stereocenters. The maximum atomic E-state index is 12.0. The van der Waals surface area contributed by atoms with E-state index < -0.39 is 26.9 Å². The van der Waals surface area contributed by atoms with Gasteiger partial charge in [-0.15, -0.1) is 0 Å². The van der Waals surface area contributed by atoms with Crippen LogP contribution in [0.3, 0.4) is 0 Å². The molecule has 0 bridgehead atoms. The number of halogens is 1. The van der Waals surface area contributed by atoms with Gasteiger partial charge < -0.3 is 4.98 Å². The monoisotopic (exact) mass is 440 g/mol. The van der Waals surface area contributed by atoms with Crippen molar-refractivity contribution in [2.45, 2.75) is 6.92 Å². The predicted molar refractivity (Wildman–Crippen MR) is 113 cm³/mol. The number of nitro benzene ring substituents is 2. The van der Waals surface area contributed by atoms with Crippen LogP contribution in [0.15, 0.2) is 53.5 Å². The molecule has 0 saturated heterocycles. The predicted octanol–water partition coefficient (Wildman–Crippen LogP) is 1.55. The van der Waals surface area contributed by atoms with Crippen LogP contribution in [-0.4, -0.2) is 19.8 Å². The van der Waals surface area contributed by atoms with E-state index in [2.05, 4.69) is 15.4 Å². The summed E-state index contributed by atoms with van der Waals surface area (Å²) in [5.74, 6) is 0. The number of aromatic amines is 1. The van der Waals surface area contributed by atoms with Gasteiger partial charge >= 0.3 is 11.4 Å². The number of hydrogen-bond donors (Lipinski definition) is 2. The molecule has 1 aliphatic heterocycles. The van der Waals surface area contributed by atoms with Gasteiger partial charge in [0.05, 0.1) is 27.0 Å². The summed E-state index contributed by atoms with van der Waals surface area (Å²) in [4.78, 5) is 39.9. The minimum Gasteiger partial charge on any atom is -0.303 e. The SMILES string of the molecule is CC1=c2cnc(=O)[nH]c2=C(c2ccc(Cl)cc2)N(c2ccc([N+](=O)[O-])cc2[N+](=O)[O-])N1. The minimum atomic E-state index is -0.708. The highest BCUT2D eigenvalue weighted by molar-refractivity contribution is 6.30. The molecule has 11 nitrogen and oxygen atoms in total. The van der Waals surface area contributed by atoms with E-state index in [1.807, 2.05) is 0 Å². The van der Waals surface area contributed by atoms with Crippen molar-refractivity contribution in [2.24, 2.45) is 0 Å². The van der Waals surface area contributed by atoms with Crippen LogP contribution in [0, 0.1) is 20.2 Å². The van der Waals surface area contributed by atoms with E-state index in [0.717, 1.165) is 6.07 Å². The third-order valence-electron chi connectivity index (χ3n) is 4.68. The minimum absolute atomic E-state index is 0.0446. The van der Waals surface area contributed by atoms with E-state index in [1.54, 1.807) is 31.2 Å². The van der Waals surface area contributed by atoms with Crippen molar-refractivity contribution in [3.63, 3.8) is 0 Å². The maximum absolute atomic E-state index is 12.0. The number of rotatable bonds is 4. The van der Waals surface area contributed by atoms with Gasteiger partial charge in [0.15, 0.2) is 0 Å². The molecule has 2 N–H and O–H groups in total. The van der Waals surface area contributed by atoms with Gasteiger partial charge in [-0.1, -0.05) is 23.7 Å².